The third-order valence-electron chi connectivity index (χ3n) is 2.95. The molecular weight excluding hydrogens is 292 g/mol. The summed E-state index contributed by atoms with van der Waals surface area (Å²) in [4.78, 5) is 34.1. The van der Waals surface area contributed by atoms with E-state index < -0.39 is 11.9 Å². The molecule has 2 amide bonds. The Bertz CT molecular complexity index is 473. The zero-order valence-corrected chi connectivity index (χ0v) is 12.7. The number of thiophene rings is 1. The van der Waals surface area contributed by atoms with Crippen molar-refractivity contribution in [1.82, 2.24) is 10.6 Å². The summed E-state index contributed by atoms with van der Waals surface area (Å²) in [5.41, 5.74) is 0.578. The van der Waals surface area contributed by atoms with E-state index in [-0.39, 0.29) is 31.3 Å². The SMILES string of the molecule is CCCC(CNC(=O)CCNC(=O)c1ccsc1)C(=O)O. The zero-order chi connectivity index (χ0) is 15.7. The molecule has 0 fully saturated rings. The number of carbonyl (C=O) groups excluding carboxylic acids is 2. The Kier molecular flexibility index (Phi) is 7.45. The molecule has 1 atom stereocenters. The number of nitrogens with one attached hydrogen (secondary N) is 2. The first-order chi connectivity index (χ1) is 10.0. The number of rotatable bonds is 9. The van der Waals surface area contributed by atoms with E-state index in [1.54, 1.807) is 16.8 Å². The van der Waals surface area contributed by atoms with Crippen LogP contribution in [0, 0.1) is 5.92 Å². The van der Waals surface area contributed by atoms with Gasteiger partial charge in [0.1, 0.15) is 0 Å². The van der Waals surface area contributed by atoms with Crippen LogP contribution in [-0.4, -0.2) is 36.0 Å². The van der Waals surface area contributed by atoms with E-state index in [0.29, 0.717) is 12.0 Å². The first-order valence-corrected chi connectivity index (χ1v) is 7.78. The first-order valence-electron chi connectivity index (χ1n) is 6.84. The maximum absolute atomic E-state index is 11.6. The van der Waals surface area contributed by atoms with Crippen LogP contribution < -0.4 is 10.6 Å². The van der Waals surface area contributed by atoms with Crippen LogP contribution in [-0.2, 0) is 9.59 Å². The molecule has 0 aliphatic rings. The lowest BCUT2D eigenvalue weighted by atomic mass is 10.0. The molecule has 0 aliphatic carbocycles. The van der Waals surface area contributed by atoms with Gasteiger partial charge in [0.2, 0.25) is 5.91 Å². The molecule has 0 bridgehead atoms. The summed E-state index contributed by atoms with van der Waals surface area (Å²) in [6, 6.07) is 1.71. The number of hydrogen-bond acceptors (Lipinski definition) is 4. The Morgan fingerprint density at radius 2 is 2.10 bits per heavy atom. The molecule has 0 radical (unpaired) electrons. The standard InChI is InChI=1S/C14H20N2O4S/c1-2-3-10(14(19)20)8-16-12(17)4-6-15-13(18)11-5-7-21-9-11/h5,7,9-10H,2-4,6,8H2,1H3,(H,15,18)(H,16,17)(H,19,20). The molecule has 6 nitrogen and oxygen atoms in total. The Hall–Kier alpha value is -1.89. The fourth-order valence-corrected chi connectivity index (χ4v) is 2.41. The minimum absolute atomic E-state index is 0.125. The lowest BCUT2D eigenvalue weighted by Crippen LogP contribution is -2.35. The molecular formula is C14H20N2O4S. The van der Waals surface area contributed by atoms with Crippen LogP contribution in [0.2, 0.25) is 0 Å². The smallest absolute Gasteiger partial charge is 0.308 e. The highest BCUT2D eigenvalue weighted by molar-refractivity contribution is 7.08. The average molecular weight is 312 g/mol. The summed E-state index contributed by atoms with van der Waals surface area (Å²) in [5.74, 6) is -1.93. The van der Waals surface area contributed by atoms with Crippen molar-refractivity contribution in [3.8, 4) is 0 Å². The van der Waals surface area contributed by atoms with Gasteiger partial charge < -0.3 is 15.7 Å². The molecule has 1 aromatic rings. The lowest BCUT2D eigenvalue weighted by molar-refractivity contribution is -0.141. The summed E-state index contributed by atoms with van der Waals surface area (Å²) in [6.07, 6.45) is 1.42. The van der Waals surface area contributed by atoms with E-state index in [4.69, 9.17) is 5.11 Å². The molecule has 1 heterocycles. The lowest BCUT2D eigenvalue weighted by Gasteiger charge is -2.12. The van der Waals surface area contributed by atoms with Gasteiger partial charge in [0.05, 0.1) is 5.92 Å². The van der Waals surface area contributed by atoms with E-state index in [2.05, 4.69) is 10.6 Å². The van der Waals surface area contributed by atoms with Crippen LogP contribution in [0.25, 0.3) is 0 Å². The molecule has 1 aromatic heterocycles. The van der Waals surface area contributed by atoms with Crippen molar-refractivity contribution in [1.29, 1.82) is 0 Å². The third kappa shape index (κ3) is 6.40. The Morgan fingerprint density at radius 1 is 1.33 bits per heavy atom. The van der Waals surface area contributed by atoms with Gasteiger partial charge in [0, 0.05) is 30.5 Å². The summed E-state index contributed by atoms with van der Waals surface area (Å²) >= 11 is 1.43. The largest absolute Gasteiger partial charge is 0.481 e. The second kappa shape index (κ2) is 9.12. The molecule has 1 unspecified atom stereocenters. The maximum Gasteiger partial charge on any atom is 0.308 e. The Labute approximate surface area is 127 Å². The minimum Gasteiger partial charge on any atom is -0.481 e. The Morgan fingerprint density at radius 3 is 2.67 bits per heavy atom. The maximum atomic E-state index is 11.6. The van der Waals surface area contributed by atoms with Gasteiger partial charge in [-0.25, -0.2) is 0 Å². The summed E-state index contributed by atoms with van der Waals surface area (Å²) in [6.45, 7) is 2.25. The van der Waals surface area contributed by atoms with E-state index in [0.717, 1.165) is 6.42 Å². The van der Waals surface area contributed by atoms with Gasteiger partial charge in [-0.1, -0.05) is 13.3 Å². The number of carbonyl (C=O) groups is 3. The highest BCUT2D eigenvalue weighted by Gasteiger charge is 2.17. The molecule has 1 rings (SSSR count). The quantitative estimate of drug-likeness (QED) is 0.643. The van der Waals surface area contributed by atoms with Crippen molar-refractivity contribution < 1.29 is 19.5 Å². The number of hydrogen-bond donors (Lipinski definition) is 3. The normalized spacial score (nSPS) is 11.7. The molecule has 21 heavy (non-hydrogen) atoms. The van der Waals surface area contributed by atoms with Crippen molar-refractivity contribution >= 4 is 29.1 Å². The second-order valence-corrected chi connectivity index (χ2v) is 5.43. The van der Waals surface area contributed by atoms with Gasteiger partial charge in [-0.15, -0.1) is 0 Å². The van der Waals surface area contributed by atoms with Crippen molar-refractivity contribution in [3.05, 3.63) is 22.4 Å². The second-order valence-electron chi connectivity index (χ2n) is 4.65. The molecule has 0 aromatic carbocycles. The van der Waals surface area contributed by atoms with Crippen molar-refractivity contribution in [2.75, 3.05) is 13.1 Å². The van der Waals surface area contributed by atoms with Crippen LogP contribution in [0.3, 0.4) is 0 Å². The Balaban J connectivity index is 2.22. The fourth-order valence-electron chi connectivity index (χ4n) is 1.77. The molecule has 3 N–H and O–H groups in total. The number of carboxylic acid groups (broad SMARTS) is 1. The highest BCUT2D eigenvalue weighted by Crippen LogP contribution is 2.06. The highest BCUT2D eigenvalue weighted by atomic mass is 32.1. The predicted molar refractivity (Wildman–Crippen MR) is 80.3 cm³/mol. The van der Waals surface area contributed by atoms with E-state index in [9.17, 15) is 14.4 Å². The van der Waals surface area contributed by atoms with Crippen LogP contribution in [0.15, 0.2) is 16.8 Å². The molecule has 7 heteroatoms. The average Bonchev–Trinajstić information content (AvgIpc) is 2.97. The van der Waals surface area contributed by atoms with Gasteiger partial charge in [-0.05, 0) is 17.9 Å². The van der Waals surface area contributed by atoms with E-state index in [1.807, 2.05) is 6.92 Å². The number of carboxylic acids is 1. The minimum atomic E-state index is -0.900. The first kappa shape index (κ1) is 17.2. The molecule has 116 valence electrons. The van der Waals surface area contributed by atoms with Crippen molar-refractivity contribution in [2.45, 2.75) is 26.2 Å². The van der Waals surface area contributed by atoms with Crippen LogP contribution in [0.4, 0.5) is 0 Å². The summed E-state index contributed by atoms with van der Waals surface area (Å²) in [5, 5.41) is 17.7. The monoisotopic (exact) mass is 312 g/mol. The summed E-state index contributed by atoms with van der Waals surface area (Å²) < 4.78 is 0. The van der Waals surface area contributed by atoms with Gasteiger partial charge in [0.25, 0.3) is 5.91 Å². The number of aliphatic carboxylic acids is 1. The molecule has 0 saturated carbocycles. The fraction of sp³-hybridized carbons (Fsp3) is 0.500. The molecule has 0 aliphatic heterocycles. The van der Waals surface area contributed by atoms with Gasteiger partial charge in [-0.3, -0.25) is 14.4 Å². The zero-order valence-electron chi connectivity index (χ0n) is 11.9. The number of amides is 2. The third-order valence-corrected chi connectivity index (χ3v) is 3.64. The van der Waals surface area contributed by atoms with Gasteiger partial charge in [0.15, 0.2) is 0 Å². The van der Waals surface area contributed by atoms with E-state index in [1.165, 1.54) is 11.3 Å². The molecule has 0 spiro atoms. The van der Waals surface area contributed by atoms with Gasteiger partial charge >= 0.3 is 5.97 Å². The topological polar surface area (TPSA) is 95.5 Å². The van der Waals surface area contributed by atoms with Crippen molar-refractivity contribution in [3.63, 3.8) is 0 Å². The van der Waals surface area contributed by atoms with Crippen LogP contribution >= 0.6 is 11.3 Å². The van der Waals surface area contributed by atoms with Crippen molar-refractivity contribution in [2.24, 2.45) is 5.92 Å². The van der Waals surface area contributed by atoms with Gasteiger partial charge in [-0.2, -0.15) is 11.3 Å². The molecule has 0 saturated heterocycles. The van der Waals surface area contributed by atoms with Crippen LogP contribution in [0.5, 0.6) is 0 Å². The predicted octanol–water partition coefficient (Wildman–Crippen LogP) is 1.49. The van der Waals surface area contributed by atoms with E-state index >= 15 is 0 Å². The van der Waals surface area contributed by atoms with Crippen LogP contribution in [0.1, 0.15) is 36.5 Å². The summed E-state index contributed by atoms with van der Waals surface area (Å²) in [7, 11) is 0.